The van der Waals surface area contributed by atoms with E-state index >= 15 is 0 Å². The Hall–Kier alpha value is -4.56. The van der Waals surface area contributed by atoms with Gasteiger partial charge in [0.1, 0.15) is 0 Å². The molecule has 12 atom stereocenters. The molecule has 0 bridgehead atoms. The van der Waals surface area contributed by atoms with Crippen molar-refractivity contribution in [1.82, 2.24) is 9.80 Å². The van der Waals surface area contributed by atoms with E-state index in [2.05, 4.69) is 143 Å². The summed E-state index contributed by atoms with van der Waals surface area (Å²) in [6.45, 7) is 0. The molecule has 0 saturated carbocycles. The molecule has 13 aliphatic rings. The minimum absolute atomic E-state index is 0.472. The van der Waals surface area contributed by atoms with Crippen LogP contribution < -0.4 is 0 Å². The molecule has 0 amide bonds. The molecule has 1 aliphatic heterocycles. The summed E-state index contributed by atoms with van der Waals surface area (Å²) in [5.74, 6) is 5.34. The normalized spacial score (nSPS) is 36.9. The topological polar surface area (TPSA) is 6.48 Å². The Kier molecular flexibility index (Phi) is 15.0. The molecule has 0 N–H and O–H groups in total. The van der Waals surface area contributed by atoms with Crippen molar-refractivity contribution in [3.8, 4) is 0 Å². The molecule has 12 unspecified atom stereocenters. The van der Waals surface area contributed by atoms with Crippen LogP contribution in [0, 0.1) is 47.3 Å². The van der Waals surface area contributed by atoms with Crippen LogP contribution in [0.3, 0.4) is 0 Å². The maximum atomic E-state index is 2.97. The second kappa shape index (κ2) is 22.6. The Labute approximate surface area is 448 Å². The van der Waals surface area contributed by atoms with Gasteiger partial charge in [-0.1, -0.05) is 144 Å². The lowest BCUT2D eigenvalue weighted by molar-refractivity contribution is 0.176. The average Bonchev–Trinajstić information content (AvgIpc) is 3.83. The first-order chi connectivity index (χ1) is 36.7. The van der Waals surface area contributed by atoms with Crippen molar-refractivity contribution in [2.75, 3.05) is 0 Å². The van der Waals surface area contributed by atoms with Crippen LogP contribution in [0.25, 0.3) is 0 Å². The standard InChI is InChI=1S/C72H90N2/c1-3-16-51(17-4-1)56-20-11-24-60(46-56)62-26-13-22-58(48-62)53-34-40-65(41-35-53)73(66-42-36-54(37-43-66)59-23-14-27-63(49-59)61-25-12-21-57(47-61)52-18-5-2-6-19-52)67-44-38-55(39-45-67)64-28-15-29-68(50-64)74-71-32-9-7-30-69(71)70-31-8-10-33-72(70)74/h3,7-9,14,16,18,21,23,26,28,30-32,34,36,38,42,44-47,51,54-56,58-59,63,65-66,68-69,71H,1-2,4-6,10-13,15,17,19-20,22,24-25,27,29,33,35,37,39-41,43,48-50H2. The maximum Gasteiger partial charge on any atom is 0.0580 e. The highest BCUT2D eigenvalue weighted by Crippen LogP contribution is 2.49. The third-order valence-electron chi connectivity index (χ3n) is 21.2. The van der Waals surface area contributed by atoms with E-state index in [4.69, 9.17) is 0 Å². The lowest BCUT2D eigenvalue weighted by Gasteiger charge is -2.45. The van der Waals surface area contributed by atoms with Gasteiger partial charge in [0.05, 0.1) is 6.04 Å². The summed E-state index contributed by atoms with van der Waals surface area (Å²) >= 11 is 0. The van der Waals surface area contributed by atoms with Crippen LogP contribution in [0.2, 0.25) is 0 Å². The fourth-order valence-corrected chi connectivity index (χ4v) is 17.3. The Morgan fingerprint density at radius 2 is 1.39 bits per heavy atom. The lowest BCUT2D eigenvalue weighted by Crippen LogP contribution is -2.44. The van der Waals surface area contributed by atoms with E-state index < -0.39 is 0 Å². The zero-order valence-electron chi connectivity index (χ0n) is 45.3. The monoisotopic (exact) mass is 983 g/mol. The predicted molar refractivity (Wildman–Crippen MR) is 312 cm³/mol. The van der Waals surface area contributed by atoms with Gasteiger partial charge in [-0.2, -0.15) is 0 Å². The van der Waals surface area contributed by atoms with Gasteiger partial charge < -0.3 is 9.80 Å². The molecule has 0 aromatic heterocycles. The van der Waals surface area contributed by atoms with Crippen LogP contribution >= 0.6 is 0 Å². The van der Waals surface area contributed by atoms with Gasteiger partial charge in [-0.05, 0) is 249 Å². The van der Waals surface area contributed by atoms with Gasteiger partial charge in [0.2, 0.25) is 0 Å². The van der Waals surface area contributed by atoms with Crippen molar-refractivity contribution in [2.24, 2.45) is 47.3 Å². The number of rotatable bonds is 11. The van der Waals surface area contributed by atoms with Crippen LogP contribution in [-0.4, -0.2) is 34.0 Å². The summed E-state index contributed by atoms with van der Waals surface area (Å²) in [6, 6.07) is 2.13. The number of hydrogen-bond acceptors (Lipinski definition) is 2. The lowest BCUT2D eigenvalue weighted by atomic mass is 9.71. The van der Waals surface area contributed by atoms with Crippen molar-refractivity contribution in [3.63, 3.8) is 0 Å². The largest absolute Gasteiger partial charge is 0.364 e. The van der Waals surface area contributed by atoms with Crippen molar-refractivity contribution in [1.29, 1.82) is 0 Å². The number of fused-ring (bicyclic) bond motifs is 2. The zero-order valence-corrected chi connectivity index (χ0v) is 45.3. The molecule has 0 aromatic carbocycles. The van der Waals surface area contributed by atoms with Gasteiger partial charge in [-0.15, -0.1) is 0 Å². The average molecular weight is 984 g/mol. The van der Waals surface area contributed by atoms with Gasteiger partial charge in [-0.3, -0.25) is 0 Å². The first-order valence-corrected chi connectivity index (χ1v) is 31.3. The van der Waals surface area contributed by atoms with Crippen LogP contribution in [0.1, 0.15) is 180 Å². The fraction of sp³-hybridized carbons (Fsp3) is 0.556. The highest BCUT2D eigenvalue weighted by Gasteiger charge is 2.43. The number of allylic oxidation sites excluding steroid dienone is 25. The number of nitrogens with zero attached hydrogens (tertiary/aromatic N) is 2. The third kappa shape index (κ3) is 10.4. The van der Waals surface area contributed by atoms with Crippen molar-refractivity contribution < 1.29 is 0 Å². The first kappa shape index (κ1) is 49.0. The summed E-state index contributed by atoms with van der Waals surface area (Å²) in [5.41, 5.74) is 16.7. The molecule has 74 heavy (non-hydrogen) atoms. The third-order valence-corrected chi connectivity index (χ3v) is 21.2. The fourth-order valence-electron chi connectivity index (χ4n) is 17.3. The summed E-state index contributed by atoms with van der Waals surface area (Å²) in [4.78, 5) is 5.88. The molecule has 2 heteroatoms. The minimum atomic E-state index is 0.472. The highest BCUT2D eigenvalue weighted by atomic mass is 15.2. The molecule has 12 aliphatic carbocycles. The maximum absolute atomic E-state index is 2.97. The van der Waals surface area contributed by atoms with Gasteiger partial charge in [0, 0.05) is 41.4 Å². The van der Waals surface area contributed by atoms with Gasteiger partial charge in [-0.25, -0.2) is 0 Å². The second-order valence-electron chi connectivity index (χ2n) is 25.5. The van der Waals surface area contributed by atoms with E-state index in [1.54, 1.807) is 50.3 Å². The Morgan fingerprint density at radius 1 is 0.486 bits per heavy atom. The molecule has 0 aromatic rings. The molecule has 0 radical (unpaired) electrons. The van der Waals surface area contributed by atoms with Crippen LogP contribution in [0.4, 0.5) is 0 Å². The summed E-state index contributed by atoms with van der Waals surface area (Å²) < 4.78 is 0. The quantitative estimate of drug-likeness (QED) is 0.190. The van der Waals surface area contributed by atoms with E-state index in [-0.39, 0.29) is 0 Å². The molecular formula is C72H90N2. The van der Waals surface area contributed by atoms with E-state index in [1.807, 2.05) is 0 Å². The smallest absolute Gasteiger partial charge is 0.0580 e. The first-order valence-electron chi connectivity index (χ1n) is 31.3. The predicted octanol–water partition coefficient (Wildman–Crippen LogP) is 18.6. The Morgan fingerprint density at radius 3 is 2.26 bits per heavy atom. The zero-order chi connectivity index (χ0) is 49.2. The van der Waals surface area contributed by atoms with Crippen LogP contribution in [0.5, 0.6) is 0 Å². The molecule has 0 spiro atoms. The van der Waals surface area contributed by atoms with E-state index in [0.29, 0.717) is 53.8 Å². The molecule has 13 rings (SSSR count). The molecule has 0 fully saturated rings. The van der Waals surface area contributed by atoms with E-state index in [1.165, 1.54) is 179 Å². The molecular weight excluding hydrogens is 893 g/mol. The summed E-state index contributed by atoms with van der Waals surface area (Å²) in [7, 11) is 0. The SMILES string of the molecule is C1=CC2C3=C(CCC=C3)N(C3CCC=C(C4C=CC(N(C5C=CC(C6C=CCC(C7=CC(C8=CCCCC8)=CCC7)C6)CC5)C5CC=C(C6CCC=C(C7=CC(C8C=CCCC8)CCC7)C6)CC5)=CC4)C3)C2C=C1. The van der Waals surface area contributed by atoms with E-state index in [0.717, 1.165) is 24.2 Å². The van der Waals surface area contributed by atoms with Crippen molar-refractivity contribution >= 4 is 0 Å². The van der Waals surface area contributed by atoms with Crippen LogP contribution in [0.15, 0.2) is 190 Å². The van der Waals surface area contributed by atoms with E-state index in [9.17, 15) is 0 Å². The summed E-state index contributed by atoms with van der Waals surface area (Å²) in [5, 5.41) is 0. The molecule has 1 heterocycles. The molecule has 2 nitrogen and oxygen atoms in total. The second-order valence-corrected chi connectivity index (χ2v) is 25.5. The molecule has 388 valence electrons. The van der Waals surface area contributed by atoms with Gasteiger partial charge >= 0.3 is 0 Å². The van der Waals surface area contributed by atoms with Crippen molar-refractivity contribution in [3.05, 3.63) is 190 Å². The van der Waals surface area contributed by atoms with Gasteiger partial charge in [0.15, 0.2) is 0 Å². The summed E-state index contributed by atoms with van der Waals surface area (Å²) in [6.07, 6.45) is 92.7. The molecule has 0 saturated heterocycles. The Balaban J connectivity index is 0.707. The van der Waals surface area contributed by atoms with Crippen molar-refractivity contribution in [2.45, 2.75) is 204 Å². The Bertz CT molecular complexity index is 2630. The number of hydrogen-bond donors (Lipinski definition) is 0. The highest BCUT2D eigenvalue weighted by molar-refractivity contribution is 5.46. The minimum Gasteiger partial charge on any atom is -0.364 e. The van der Waals surface area contributed by atoms with Gasteiger partial charge in [0.25, 0.3) is 0 Å². The van der Waals surface area contributed by atoms with Crippen LogP contribution in [-0.2, 0) is 0 Å².